The number of nitrogens with one attached hydrogen (secondary N) is 1. The molecule has 0 fully saturated rings. The van der Waals surface area contributed by atoms with Crippen molar-refractivity contribution < 1.29 is 9.47 Å². The van der Waals surface area contributed by atoms with Gasteiger partial charge in [-0.3, -0.25) is 0 Å². The molecule has 0 radical (unpaired) electrons. The zero-order valence-electron chi connectivity index (χ0n) is 12.2. The summed E-state index contributed by atoms with van der Waals surface area (Å²) in [7, 11) is 0. The van der Waals surface area contributed by atoms with E-state index in [0.29, 0.717) is 13.2 Å². The molecule has 2 aromatic carbocycles. The average Bonchev–Trinajstić information content (AvgIpc) is 2.46. The molecular weight excluding hydrogens is 330 g/mol. The fourth-order valence-electron chi connectivity index (χ4n) is 2.53. The van der Waals surface area contributed by atoms with Crippen LogP contribution in [0.15, 0.2) is 34.8 Å². The Balaban J connectivity index is 1.76. The first-order valence-corrected chi connectivity index (χ1v) is 7.82. The van der Waals surface area contributed by atoms with Gasteiger partial charge in [0.1, 0.15) is 13.2 Å². The van der Waals surface area contributed by atoms with Crippen molar-refractivity contribution in [2.45, 2.75) is 20.4 Å². The molecule has 0 atom stereocenters. The summed E-state index contributed by atoms with van der Waals surface area (Å²) in [5.74, 6) is 1.66. The van der Waals surface area contributed by atoms with E-state index in [-0.39, 0.29) is 0 Å². The highest BCUT2D eigenvalue weighted by atomic mass is 79.9. The second-order valence-electron chi connectivity index (χ2n) is 5.27. The van der Waals surface area contributed by atoms with E-state index in [0.717, 1.165) is 28.2 Å². The van der Waals surface area contributed by atoms with E-state index in [4.69, 9.17) is 9.47 Å². The predicted octanol–water partition coefficient (Wildman–Crippen LogP) is 4.45. The molecule has 0 aromatic heterocycles. The number of rotatable bonds is 3. The van der Waals surface area contributed by atoms with E-state index in [2.05, 4.69) is 53.3 Å². The number of anilines is 1. The summed E-state index contributed by atoms with van der Waals surface area (Å²) in [6.07, 6.45) is 0. The Kier molecular flexibility index (Phi) is 4.06. The van der Waals surface area contributed by atoms with Gasteiger partial charge in [0.15, 0.2) is 11.5 Å². The monoisotopic (exact) mass is 347 g/mol. The molecule has 0 bridgehead atoms. The molecule has 0 unspecified atom stereocenters. The highest BCUT2D eigenvalue weighted by molar-refractivity contribution is 9.10. The largest absolute Gasteiger partial charge is 0.486 e. The number of hydrogen-bond donors (Lipinski definition) is 1. The van der Waals surface area contributed by atoms with Crippen LogP contribution in [0.25, 0.3) is 0 Å². The van der Waals surface area contributed by atoms with Gasteiger partial charge in [0.25, 0.3) is 0 Å². The van der Waals surface area contributed by atoms with Crippen LogP contribution in [0.4, 0.5) is 5.69 Å². The Morgan fingerprint density at radius 2 is 1.81 bits per heavy atom. The van der Waals surface area contributed by atoms with Crippen molar-refractivity contribution in [3.8, 4) is 11.5 Å². The maximum atomic E-state index is 5.62. The Morgan fingerprint density at radius 1 is 1.05 bits per heavy atom. The fourth-order valence-corrected chi connectivity index (χ4v) is 3.34. The number of benzene rings is 2. The van der Waals surface area contributed by atoms with Crippen LogP contribution in [0.3, 0.4) is 0 Å². The molecule has 0 amide bonds. The van der Waals surface area contributed by atoms with Crippen molar-refractivity contribution in [3.63, 3.8) is 0 Å². The van der Waals surface area contributed by atoms with Crippen molar-refractivity contribution in [2.24, 2.45) is 0 Å². The maximum Gasteiger partial charge on any atom is 0.161 e. The highest BCUT2D eigenvalue weighted by Crippen LogP contribution is 2.32. The molecule has 21 heavy (non-hydrogen) atoms. The number of ether oxygens (including phenoxy) is 2. The summed E-state index contributed by atoms with van der Waals surface area (Å²) in [5.41, 5.74) is 4.80. The molecule has 0 aliphatic carbocycles. The first kappa shape index (κ1) is 14.3. The standard InChI is InChI=1S/C17H18BrNO2/c1-11-7-12(2)17(14(18)8-11)19-10-13-3-4-15-16(9-13)21-6-5-20-15/h3-4,7-9,19H,5-6,10H2,1-2H3. The Labute approximate surface area is 133 Å². The molecule has 1 heterocycles. The van der Waals surface area contributed by atoms with Crippen LogP contribution in [0, 0.1) is 13.8 Å². The number of aryl methyl sites for hydroxylation is 2. The number of halogens is 1. The van der Waals surface area contributed by atoms with Gasteiger partial charge in [0, 0.05) is 11.0 Å². The topological polar surface area (TPSA) is 30.5 Å². The lowest BCUT2D eigenvalue weighted by Crippen LogP contribution is -2.15. The van der Waals surface area contributed by atoms with E-state index in [1.807, 2.05) is 12.1 Å². The first-order valence-electron chi connectivity index (χ1n) is 7.02. The van der Waals surface area contributed by atoms with Crippen molar-refractivity contribution in [1.29, 1.82) is 0 Å². The van der Waals surface area contributed by atoms with E-state index >= 15 is 0 Å². The van der Waals surface area contributed by atoms with Crippen molar-refractivity contribution >= 4 is 21.6 Å². The minimum absolute atomic E-state index is 0.618. The van der Waals surface area contributed by atoms with Gasteiger partial charge < -0.3 is 14.8 Å². The van der Waals surface area contributed by atoms with Crippen molar-refractivity contribution in [2.75, 3.05) is 18.5 Å². The lowest BCUT2D eigenvalue weighted by Gasteiger charge is -2.19. The summed E-state index contributed by atoms with van der Waals surface area (Å²) in [4.78, 5) is 0. The lowest BCUT2D eigenvalue weighted by molar-refractivity contribution is 0.171. The Bertz CT molecular complexity index is 647. The van der Waals surface area contributed by atoms with Gasteiger partial charge >= 0.3 is 0 Å². The predicted molar refractivity (Wildman–Crippen MR) is 88.4 cm³/mol. The molecule has 3 nitrogen and oxygen atoms in total. The molecule has 110 valence electrons. The van der Waals surface area contributed by atoms with E-state index in [1.165, 1.54) is 16.7 Å². The van der Waals surface area contributed by atoms with Crippen molar-refractivity contribution in [1.82, 2.24) is 0 Å². The molecule has 4 heteroatoms. The third-order valence-corrected chi connectivity index (χ3v) is 4.13. The number of hydrogen-bond acceptors (Lipinski definition) is 3. The quantitative estimate of drug-likeness (QED) is 0.889. The van der Waals surface area contributed by atoms with Crippen LogP contribution in [-0.2, 0) is 6.54 Å². The second-order valence-corrected chi connectivity index (χ2v) is 6.12. The van der Waals surface area contributed by atoms with Crippen LogP contribution < -0.4 is 14.8 Å². The van der Waals surface area contributed by atoms with Crippen LogP contribution in [0.2, 0.25) is 0 Å². The molecule has 0 saturated heterocycles. The molecule has 0 spiro atoms. The third-order valence-electron chi connectivity index (χ3n) is 3.51. The van der Waals surface area contributed by atoms with E-state index < -0.39 is 0 Å². The molecule has 2 aromatic rings. The summed E-state index contributed by atoms with van der Waals surface area (Å²) in [6.45, 7) is 6.21. The zero-order valence-corrected chi connectivity index (χ0v) is 13.8. The smallest absolute Gasteiger partial charge is 0.161 e. The summed E-state index contributed by atoms with van der Waals surface area (Å²) in [5, 5.41) is 3.49. The molecule has 1 aliphatic heterocycles. The normalized spacial score (nSPS) is 13.1. The summed E-state index contributed by atoms with van der Waals surface area (Å²) >= 11 is 3.62. The van der Waals surface area contributed by atoms with E-state index in [1.54, 1.807) is 0 Å². The molecule has 1 N–H and O–H groups in total. The van der Waals surface area contributed by atoms with Gasteiger partial charge in [0.05, 0.1) is 5.69 Å². The van der Waals surface area contributed by atoms with Gasteiger partial charge in [0.2, 0.25) is 0 Å². The maximum absolute atomic E-state index is 5.62. The van der Waals surface area contributed by atoms with Crippen LogP contribution >= 0.6 is 15.9 Å². The van der Waals surface area contributed by atoms with E-state index in [9.17, 15) is 0 Å². The minimum atomic E-state index is 0.618. The summed E-state index contributed by atoms with van der Waals surface area (Å²) in [6, 6.07) is 10.4. The molecule has 0 saturated carbocycles. The van der Waals surface area contributed by atoms with Crippen LogP contribution in [0.5, 0.6) is 11.5 Å². The minimum Gasteiger partial charge on any atom is -0.486 e. The summed E-state index contributed by atoms with van der Waals surface area (Å²) < 4.78 is 12.3. The molecular formula is C17H18BrNO2. The molecule has 3 rings (SSSR count). The Hall–Kier alpha value is -1.68. The highest BCUT2D eigenvalue weighted by Gasteiger charge is 2.12. The second kappa shape index (κ2) is 5.98. The zero-order chi connectivity index (χ0) is 14.8. The molecule has 1 aliphatic rings. The van der Waals surface area contributed by atoms with Crippen LogP contribution in [0.1, 0.15) is 16.7 Å². The van der Waals surface area contributed by atoms with Gasteiger partial charge in [-0.2, -0.15) is 0 Å². The van der Waals surface area contributed by atoms with Gasteiger partial charge in [-0.1, -0.05) is 12.1 Å². The third kappa shape index (κ3) is 3.16. The first-order chi connectivity index (χ1) is 10.1. The fraction of sp³-hybridized carbons (Fsp3) is 0.294. The SMILES string of the molecule is Cc1cc(C)c(NCc2ccc3c(c2)OCCO3)c(Br)c1. The lowest BCUT2D eigenvalue weighted by atomic mass is 10.1. The Morgan fingerprint density at radius 3 is 2.57 bits per heavy atom. The van der Waals surface area contributed by atoms with Gasteiger partial charge in [-0.25, -0.2) is 0 Å². The van der Waals surface area contributed by atoms with Gasteiger partial charge in [-0.15, -0.1) is 0 Å². The average molecular weight is 348 g/mol. The van der Waals surface area contributed by atoms with Crippen molar-refractivity contribution in [3.05, 3.63) is 51.5 Å². The van der Waals surface area contributed by atoms with Crippen LogP contribution in [-0.4, -0.2) is 13.2 Å². The number of fused-ring (bicyclic) bond motifs is 1. The van der Waals surface area contributed by atoms with Gasteiger partial charge in [-0.05, 0) is 64.7 Å².